The molecule has 0 amide bonds. The van der Waals surface area contributed by atoms with Gasteiger partial charge in [0.05, 0.1) is 23.7 Å². The van der Waals surface area contributed by atoms with Gasteiger partial charge < -0.3 is 20.3 Å². The summed E-state index contributed by atoms with van der Waals surface area (Å²) in [6.07, 6.45) is 0.442. The first-order chi connectivity index (χ1) is 10.3. The van der Waals surface area contributed by atoms with Crippen LogP contribution >= 0.6 is 0 Å². The lowest BCUT2D eigenvalue weighted by molar-refractivity contribution is -0.145. The summed E-state index contributed by atoms with van der Waals surface area (Å²) in [5.41, 5.74) is 0.851. The van der Waals surface area contributed by atoms with Crippen molar-refractivity contribution in [1.82, 2.24) is 5.32 Å². The molecule has 1 aliphatic carbocycles. The van der Waals surface area contributed by atoms with Crippen LogP contribution in [0.4, 0.5) is 0 Å². The summed E-state index contributed by atoms with van der Waals surface area (Å²) in [7, 11) is 0. The summed E-state index contributed by atoms with van der Waals surface area (Å²) in [6, 6.07) is 0. The summed E-state index contributed by atoms with van der Waals surface area (Å²) < 4.78 is 4.95. The molecule has 0 saturated heterocycles. The fourth-order valence-electron chi connectivity index (χ4n) is 3.15. The number of carboxylic acid groups (broad SMARTS) is 2. The second kappa shape index (κ2) is 5.82. The molecule has 22 heavy (non-hydrogen) atoms. The Morgan fingerprint density at radius 1 is 1.14 bits per heavy atom. The van der Waals surface area contributed by atoms with E-state index in [0.717, 1.165) is 0 Å². The summed E-state index contributed by atoms with van der Waals surface area (Å²) in [6.45, 7) is 5.13. The maximum atomic E-state index is 11.8. The van der Waals surface area contributed by atoms with Gasteiger partial charge in [0.1, 0.15) is 0 Å². The Labute approximate surface area is 127 Å². The molecule has 1 saturated carbocycles. The molecular weight excluding hydrogens is 290 g/mol. The molecule has 0 aromatic heterocycles. The predicted octanol–water partition coefficient (Wildman–Crippen LogP) is 1.12. The third kappa shape index (κ3) is 2.70. The molecule has 7 nitrogen and oxygen atoms in total. The molecule has 3 N–H and O–H groups in total. The number of carbonyl (C=O) groups excluding carboxylic acids is 1. The van der Waals surface area contributed by atoms with Crippen LogP contribution in [0, 0.1) is 17.8 Å². The number of carboxylic acids is 2. The number of allylic oxidation sites excluding steroid dienone is 2. The van der Waals surface area contributed by atoms with Crippen LogP contribution in [0.3, 0.4) is 0 Å². The Bertz CT molecular complexity index is 567. The van der Waals surface area contributed by atoms with Gasteiger partial charge >= 0.3 is 17.9 Å². The van der Waals surface area contributed by atoms with Crippen LogP contribution in [0.5, 0.6) is 0 Å². The van der Waals surface area contributed by atoms with Crippen LogP contribution in [0.25, 0.3) is 0 Å². The molecule has 2 atom stereocenters. The van der Waals surface area contributed by atoms with Crippen molar-refractivity contribution in [3.63, 3.8) is 0 Å². The van der Waals surface area contributed by atoms with E-state index >= 15 is 0 Å². The average Bonchev–Trinajstić information content (AvgIpc) is 3.16. The van der Waals surface area contributed by atoms with Crippen LogP contribution < -0.4 is 5.32 Å². The molecule has 2 unspecified atom stereocenters. The number of hydrogen-bond donors (Lipinski definition) is 3. The van der Waals surface area contributed by atoms with Crippen molar-refractivity contribution >= 4 is 17.9 Å². The number of aliphatic carboxylic acids is 2. The van der Waals surface area contributed by atoms with Crippen LogP contribution in [-0.4, -0.2) is 34.7 Å². The summed E-state index contributed by atoms with van der Waals surface area (Å²) in [5.74, 6) is -4.32. The zero-order valence-corrected chi connectivity index (χ0v) is 12.7. The normalized spacial score (nSPS) is 24.9. The minimum Gasteiger partial charge on any atom is -0.478 e. The van der Waals surface area contributed by atoms with Crippen LogP contribution in [0.1, 0.15) is 27.2 Å². The van der Waals surface area contributed by atoms with E-state index in [2.05, 4.69) is 5.32 Å². The Morgan fingerprint density at radius 2 is 1.64 bits per heavy atom. The second-order valence-electron chi connectivity index (χ2n) is 5.55. The van der Waals surface area contributed by atoms with Gasteiger partial charge in [0.15, 0.2) is 0 Å². The topological polar surface area (TPSA) is 113 Å². The predicted molar refractivity (Wildman–Crippen MR) is 75.5 cm³/mol. The minimum absolute atomic E-state index is 0.0137. The van der Waals surface area contributed by atoms with Gasteiger partial charge in [-0.3, -0.25) is 4.79 Å². The fraction of sp³-hybridized carbons (Fsp3) is 0.533. The maximum Gasteiger partial charge on any atom is 0.333 e. The molecule has 120 valence electrons. The minimum atomic E-state index is -1.17. The van der Waals surface area contributed by atoms with E-state index in [1.807, 2.05) is 0 Å². The first kappa shape index (κ1) is 16.1. The smallest absolute Gasteiger partial charge is 0.333 e. The highest BCUT2D eigenvalue weighted by Crippen LogP contribution is 2.52. The molecular formula is C15H19NO6. The SMILES string of the molecule is CCOC(=O)C1CC1C1C(C(=O)O)=C(C)NC(C)=C1C(=O)O. The van der Waals surface area contributed by atoms with E-state index < -0.39 is 29.7 Å². The zero-order chi connectivity index (χ0) is 16.6. The maximum absolute atomic E-state index is 11.8. The van der Waals surface area contributed by atoms with E-state index in [1.165, 1.54) is 0 Å². The molecule has 0 radical (unpaired) electrons. The van der Waals surface area contributed by atoms with Crippen molar-refractivity contribution < 1.29 is 29.3 Å². The van der Waals surface area contributed by atoms with E-state index in [9.17, 15) is 24.6 Å². The largest absolute Gasteiger partial charge is 0.478 e. The molecule has 0 spiro atoms. The van der Waals surface area contributed by atoms with Gasteiger partial charge in [-0.2, -0.15) is 0 Å². The van der Waals surface area contributed by atoms with E-state index in [-0.39, 0.29) is 23.7 Å². The third-order valence-electron chi connectivity index (χ3n) is 4.12. The number of rotatable bonds is 5. The number of ether oxygens (including phenoxy) is 1. The lowest BCUT2D eigenvalue weighted by atomic mass is 9.81. The molecule has 0 bridgehead atoms. The number of nitrogens with one attached hydrogen (secondary N) is 1. The standard InChI is InChI=1S/C15H19NO6/c1-4-22-15(21)9-5-8(9)12-10(13(17)18)6(2)16-7(3)11(12)14(19)20/h8-9,12,16H,4-5H2,1-3H3,(H,17,18)(H,19,20). The summed E-state index contributed by atoms with van der Waals surface area (Å²) >= 11 is 0. The average molecular weight is 309 g/mol. The van der Waals surface area contributed by atoms with E-state index in [4.69, 9.17) is 4.74 Å². The fourth-order valence-corrected chi connectivity index (χ4v) is 3.15. The van der Waals surface area contributed by atoms with Gasteiger partial charge in [0.25, 0.3) is 0 Å². The van der Waals surface area contributed by atoms with Crippen LogP contribution in [0.2, 0.25) is 0 Å². The van der Waals surface area contributed by atoms with Crippen molar-refractivity contribution in [1.29, 1.82) is 0 Å². The third-order valence-corrected chi connectivity index (χ3v) is 4.12. The molecule has 1 aliphatic heterocycles. The first-order valence-electron chi connectivity index (χ1n) is 7.11. The van der Waals surface area contributed by atoms with E-state index in [0.29, 0.717) is 17.8 Å². The van der Waals surface area contributed by atoms with Gasteiger partial charge in [0.2, 0.25) is 0 Å². The van der Waals surface area contributed by atoms with Gasteiger partial charge in [-0.25, -0.2) is 9.59 Å². The number of carbonyl (C=O) groups is 3. The Kier molecular flexibility index (Phi) is 4.25. The molecule has 2 rings (SSSR count). The number of hydrogen-bond acceptors (Lipinski definition) is 5. The molecule has 7 heteroatoms. The molecule has 0 aromatic rings. The Balaban J connectivity index is 2.38. The lowest BCUT2D eigenvalue weighted by Crippen LogP contribution is -2.34. The van der Waals surface area contributed by atoms with Crippen molar-refractivity contribution in [2.24, 2.45) is 17.8 Å². The van der Waals surface area contributed by atoms with Crippen molar-refractivity contribution in [3.05, 3.63) is 22.5 Å². The van der Waals surface area contributed by atoms with Gasteiger partial charge in [-0.1, -0.05) is 0 Å². The number of dihydropyridines is 1. The quantitative estimate of drug-likeness (QED) is 0.652. The monoisotopic (exact) mass is 309 g/mol. The van der Waals surface area contributed by atoms with Gasteiger partial charge in [0, 0.05) is 17.3 Å². The highest BCUT2D eigenvalue weighted by atomic mass is 16.5. The van der Waals surface area contributed by atoms with Crippen LogP contribution in [0.15, 0.2) is 22.5 Å². The summed E-state index contributed by atoms with van der Waals surface area (Å²) in [4.78, 5) is 34.9. The van der Waals surface area contributed by atoms with Crippen molar-refractivity contribution in [2.75, 3.05) is 6.61 Å². The molecule has 0 aromatic carbocycles. The summed E-state index contributed by atoms with van der Waals surface area (Å²) in [5, 5.41) is 21.7. The first-order valence-corrected chi connectivity index (χ1v) is 7.11. The van der Waals surface area contributed by atoms with E-state index in [1.54, 1.807) is 20.8 Å². The van der Waals surface area contributed by atoms with Gasteiger partial charge in [-0.15, -0.1) is 0 Å². The highest BCUT2D eigenvalue weighted by Gasteiger charge is 2.54. The molecule has 1 fully saturated rings. The Hall–Kier alpha value is -2.31. The Morgan fingerprint density at radius 3 is 2.05 bits per heavy atom. The molecule has 2 aliphatic rings. The molecule has 1 heterocycles. The zero-order valence-electron chi connectivity index (χ0n) is 12.7. The van der Waals surface area contributed by atoms with Crippen molar-refractivity contribution in [2.45, 2.75) is 27.2 Å². The lowest BCUT2D eigenvalue weighted by Gasteiger charge is -2.28. The van der Waals surface area contributed by atoms with Gasteiger partial charge in [-0.05, 0) is 33.1 Å². The number of esters is 1. The van der Waals surface area contributed by atoms with Crippen LogP contribution in [-0.2, 0) is 19.1 Å². The highest BCUT2D eigenvalue weighted by molar-refractivity contribution is 5.97. The second-order valence-corrected chi connectivity index (χ2v) is 5.55. The van der Waals surface area contributed by atoms with Crippen molar-refractivity contribution in [3.8, 4) is 0 Å².